The molecule has 9 heteroatoms. The first-order valence-electron chi connectivity index (χ1n) is 10.8. The average Bonchev–Trinajstić information content (AvgIpc) is 2.74. The summed E-state index contributed by atoms with van der Waals surface area (Å²) in [7, 11) is 0. The van der Waals surface area contributed by atoms with Crippen LogP contribution < -0.4 is 21.0 Å². The molecule has 1 fully saturated rings. The van der Waals surface area contributed by atoms with E-state index in [1.165, 1.54) is 0 Å². The minimum absolute atomic E-state index is 0.301. The van der Waals surface area contributed by atoms with Crippen LogP contribution in [-0.4, -0.2) is 57.7 Å². The van der Waals surface area contributed by atoms with Crippen molar-refractivity contribution in [3.05, 3.63) is 48.2 Å². The zero-order valence-corrected chi connectivity index (χ0v) is 19.0. The maximum atomic E-state index is 12.3. The summed E-state index contributed by atoms with van der Waals surface area (Å²) >= 11 is 0. The molecule has 32 heavy (non-hydrogen) atoms. The molecule has 1 saturated heterocycles. The van der Waals surface area contributed by atoms with E-state index in [2.05, 4.69) is 30.9 Å². The van der Waals surface area contributed by atoms with Crippen LogP contribution in [0.25, 0.3) is 11.0 Å². The number of benzene rings is 1. The summed E-state index contributed by atoms with van der Waals surface area (Å²) in [6.45, 7) is 11.2. The predicted octanol–water partition coefficient (Wildman–Crippen LogP) is 3.21. The van der Waals surface area contributed by atoms with Crippen molar-refractivity contribution in [3.8, 4) is 0 Å². The Labute approximate surface area is 188 Å². The van der Waals surface area contributed by atoms with E-state index in [-0.39, 0.29) is 11.6 Å². The van der Waals surface area contributed by atoms with Crippen molar-refractivity contribution >= 4 is 34.5 Å². The van der Waals surface area contributed by atoms with Gasteiger partial charge in [0.2, 0.25) is 5.95 Å². The second-order valence-electron chi connectivity index (χ2n) is 8.91. The molecule has 0 spiro atoms. The zero-order valence-electron chi connectivity index (χ0n) is 19.0. The number of piperazine rings is 1. The molecule has 2 amide bonds. The fraction of sp³-hybridized carbons (Fsp3) is 0.391. The van der Waals surface area contributed by atoms with Gasteiger partial charge >= 0.3 is 6.03 Å². The van der Waals surface area contributed by atoms with E-state index < -0.39 is 0 Å². The molecule has 168 valence electrons. The molecule has 1 aliphatic rings. The van der Waals surface area contributed by atoms with Gasteiger partial charge in [0.15, 0.2) is 5.65 Å². The van der Waals surface area contributed by atoms with E-state index in [9.17, 15) is 4.79 Å². The summed E-state index contributed by atoms with van der Waals surface area (Å²) in [6, 6.07) is 11.6. The molecule has 0 aliphatic carbocycles. The highest BCUT2D eigenvalue weighted by molar-refractivity contribution is 5.91. The first-order chi connectivity index (χ1) is 15.3. The van der Waals surface area contributed by atoms with Gasteiger partial charge in [0.05, 0.1) is 5.69 Å². The molecule has 2 aromatic heterocycles. The molecule has 3 aromatic rings. The minimum Gasteiger partial charge on any atom is -0.333 e. The number of hydrogen-bond acceptors (Lipinski definition) is 7. The van der Waals surface area contributed by atoms with E-state index in [1.807, 2.05) is 69.1 Å². The number of carbonyl (C=O) groups is 1. The normalized spacial score (nSPS) is 14.9. The fourth-order valence-electron chi connectivity index (χ4n) is 3.64. The van der Waals surface area contributed by atoms with E-state index in [0.717, 1.165) is 42.8 Å². The summed E-state index contributed by atoms with van der Waals surface area (Å²) in [6.07, 6.45) is 1.80. The van der Waals surface area contributed by atoms with Crippen molar-refractivity contribution in [1.29, 1.82) is 0 Å². The van der Waals surface area contributed by atoms with Crippen LogP contribution in [0.15, 0.2) is 42.6 Å². The van der Waals surface area contributed by atoms with E-state index in [4.69, 9.17) is 4.98 Å². The summed E-state index contributed by atoms with van der Waals surface area (Å²) in [5.74, 6) is 1.00. The Morgan fingerprint density at radius 1 is 1.12 bits per heavy atom. The third-order valence-electron chi connectivity index (χ3n) is 5.06. The molecule has 0 bridgehead atoms. The number of rotatable bonds is 4. The molecule has 3 N–H and O–H groups in total. The van der Waals surface area contributed by atoms with Crippen LogP contribution in [0, 0.1) is 6.92 Å². The smallest absolute Gasteiger partial charge is 0.320 e. The lowest BCUT2D eigenvalue weighted by atomic mass is 10.1. The largest absolute Gasteiger partial charge is 0.333 e. The summed E-state index contributed by atoms with van der Waals surface area (Å²) in [5, 5.41) is 14.2. The monoisotopic (exact) mass is 434 g/mol. The Morgan fingerprint density at radius 2 is 1.84 bits per heavy atom. The quantitative estimate of drug-likeness (QED) is 0.580. The Hall–Kier alpha value is -3.30. The SMILES string of the molecule is Cc1cc(NC(=O)NC(C)(C)C)nc2nc(N(c3ccccc3)N3CCNCC3)ncc12. The number of aryl methyl sites for hydroxylation is 1. The number of anilines is 3. The summed E-state index contributed by atoms with van der Waals surface area (Å²) in [5.41, 5.74) is 2.13. The highest BCUT2D eigenvalue weighted by Crippen LogP contribution is 2.27. The second-order valence-corrected chi connectivity index (χ2v) is 8.91. The number of hydrogen-bond donors (Lipinski definition) is 3. The lowest BCUT2D eigenvalue weighted by molar-refractivity contribution is 0.240. The number of urea groups is 1. The first kappa shape index (κ1) is 21.9. The van der Waals surface area contributed by atoms with Gasteiger partial charge in [0.25, 0.3) is 0 Å². The maximum absolute atomic E-state index is 12.3. The minimum atomic E-state index is -0.342. The molecule has 1 aromatic carbocycles. The number of para-hydroxylation sites is 1. The van der Waals surface area contributed by atoms with E-state index in [1.54, 1.807) is 6.20 Å². The average molecular weight is 435 g/mol. The number of fused-ring (bicyclic) bond motifs is 1. The van der Waals surface area contributed by atoms with Gasteiger partial charge in [-0.05, 0) is 51.5 Å². The van der Waals surface area contributed by atoms with E-state index >= 15 is 0 Å². The Balaban J connectivity index is 1.70. The number of carbonyl (C=O) groups excluding carboxylic acids is 1. The topological polar surface area (TPSA) is 98.3 Å². The van der Waals surface area contributed by atoms with Gasteiger partial charge in [-0.25, -0.2) is 24.8 Å². The standard InChI is InChI=1S/C23H30N8O/c1-16-14-19(27-22(32)29-23(2,3)4)26-20-18(16)15-25-21(28-20)31(17-8-6-5-7-9-17)30-12-10-24-11-13-30/h5-9,14-15,24H,10-13H2,1-4H3,(H2,25,26,27,28,29,32). The third kappa shape index (κ3) is 5.12. The van der Waals surface area contributed by atoms with E-state index in [0.29, 0.717) is 17.4 Å². The van der Waals surface area contributed by atoms with Gasteiger partial charge in [-0.1, -0.05) is 18.2 Å². The second kappa shape index (κ2) is 9.05. The molecular weight excluding hydrogens is 404 g/mol. The van der Waals surface area contributed by atoms with Gasteiger partial charge in [0.1, 0.15) is 5.82 Å². The zero-order chi connectivity index (χ0) is 22.7. The lowest BCUT2D eigenvalue weighted by Crippen LogP contribution is -2.51. The number of aromatic nitrogens is 3. The molecule has 0 unspecified atom stereocenters. The Morgan fingerprint density at radius 3 is 2.53 bits per heavy atom. The van der Waals surface area contributed by atoms with Crippen molar-refractivity contribution in [2.45, 2.75) is 33.2 Å². The molecule has 0 saturated carbocycles. The first-order valence-corrected chi connectivity index (χ1v) is 10.8. The van der Waals surface area contributed by atoms with Crippen molar-refractivity contribution in [2.24, 2.45) is 0 Å². The summed E-state index contributed by atoms with van der Waals surface area (Å²) in [4.78, 5) is 26.4. The van der Waals surface area contributed by atoms with Crippen LogP contribution in [0.5, 0.6) is 0 Å². The van der Waals surface area contributed by atoms with Gasteiger partial charge in [-0.15, -0.1) is 0 Å². The van der Waals surface area contributed by atoms with Crippen molar-refractivity contribution < 1.29 is 4.79 Å². The van der Waals surface area contributed by atoms with Gasteiger partial charge in [0, 0.05) is 43.3 Å². The molecule has 0 atom stereocenters. The third-order valence-corrected chi connectivity index (χ3v) is 5.06. The van der Waals surface area contributed by atoms with Crippen LogP contribution in [0.2, 0.25) is 0 Å². The highest BCUT2D eigenvalue weighted by Gasteiger charge is 2.23. The van der Waals surface area contributed by atoms with Crippen molar-refractivity contribution in [3.63, 3.8) is 0 Å². The van der Waals surface area contributed by atoms with Crippen LogP contribution >= 0.6 is 0 Å². The molecule has 4 rings (SSSR count). The molecule has 9 nitrogen and oxygen atoms in total. The fourth-order valence-corrected chi connectivity index (χ4v) is 3.64. The predicted molar refractivity (Wildman–Crippen MR) is 127 cm³/mol. The number of nitrogens with zero attached hydrogens (tertiary/aromatic N) is 5. The number of hydrazine groups is 1. The van der Waals surface area contributed by atoms with Crippen LogP contribution in [0.3, 0.4) is 0 Å². The Bertz CT molecular complexity index is 1090. The van der Waals surface area contributed by atoms with Crippen LogP contribution in [-0.2, 0) is 0 Å². The molecular formula is C23H30N8O. The molecule has 1 aliphatic heterocycles. The van der Waals surface area contributed by atoms with Crippen molar-refractivity contribution in [2.75, 3.05) is 36.5 Å². The highest BCUT2D eigenvalue weighted by atomic mass is 16.2. The molecule has 0 radical (unpaired) electrons. The lowest BCUT2D eigenvalue weighted by Gasteiger charge is -2.37. The Kier molecular flexibility index (Phi) is 6.20. The van der Waals surface area contributed by atoms with Crippen molar-refractivity contribution in [1.82, 2.24) is 30.6 Å². The maximum Gasteiger partial charge on any atom is 0.320 e. The molecule has 3 heterocycles. The number of pyridine rings is 1. The van der Waals surface area contributed by atoms with Gasteiger partial charge in [-0.3, -0.25) is 5.32 Å². The summed E-state index contributed by atoms with van der Waals surface area (Å²) < 4.78 is 0. The van der Waals surface area contributed by atoms with Crippen LogP contribution in [0.1, 0.15) is 26.3 Å². The van der Waals surface area contributed by atoms with Crippen LogP contribution in [0.4, 0.5) is 22.2 Å². The van der Waals surface area contributed by atoms with Gasteiger partial charge in [-0.2, -0.15) is 4.98 Å². The number of amides is 2. The number of nitrogens with one attached hydrogen (secondary N) is 3. The van der Waals surface area contributed by atoms with Gasteiger partial charge < -0.3 is 10.6 Å².